The first kappa shape index (κ1) is 42.5. The van der Waals surface area contributed by atoms with Crippen LogP contribution >= 0.6 is 0 Å². The second-order valence-electron chi connectivity index (χ2n) is 17.9. The van der Waals surface area contributed by atoms with Crippen molar-refractivity contribution in [3.63, 3.8) is 0 Å². The van der Waals surface area contributed by atoms with Gasteiger partial charge >= 0.3 is 12.2 Å². The number of ether oxygens (including phenoxy) is 2. The van der Waals surface area contributed by atoms with E-state index >= 15 is 0 Å². The molecular weight excluding hydrogens is 787 g/mol. The highest BCUT2D eigenvalue weighted by Gasteiger charge is 2.55. The maximum absolute atomic E-state index is 13.8. The van der Waals surface area contributed by atoms with E-state index in [-0.39, 0.29) is 41.7 Å². The van der Waals surface area contributed by atoms with E-state index < -0.39 is 36.5 Å². The molecule has 324 valence electrons. The summed E-state index contributed by atoms with van der Waals surface area (Å²) in [6.45, 7) is 8.66. The Morgan fingerprint density at radius 2 is 1.37 bits per heavy atom. The maximum atomic E-state index is 13.8. The zero-order valence-electron chi connectivity index (χ0n) is 36.0. The van der Waals surface area contributed by atoms with Crippen molar-refractivity contribution in [3.05, 3.63) is 84.7 Å². The molecule has 1 unspecified atom stereocenters. The lowest BCUT2D eigenvalue weighted by molar-refractivity contribution is -0.135. The van der Waals surface area contributed by atoms with E-state index in [0.717, 1.165) is 76.0 Å². The molecule has 2 aromatic heterocycles. The molecule has 3 fully saturated rings. The standard InChI is InChI=1S/C47H55N9O6/c1-26(2)39(53-45(59)61-5)43(57)55-24-28(21-48)17-37(55)41-49-23-36(52-41)34-14-13-32-18-31(11-12-33(32)19-34)29-7-9-30(10-8-29)35-22-50-42(51-35)38-20-47(15-16-47)25-56(38)44(58)40(27(3)4)54-46(60)62-6/h7-14,18-19,22-23,26-28,37-40,44,58H,15-17,20,24-25H2,1-6H3,(H,49,52)(H,50,51)(H,53,59)(H,54,60)/t28-,37+,38+,39+,40+,44?/m1/s1. The lowest BCUT2D eigenvalue weighted by Gasteiger charge is -2.36. The maximum Gasteiger partial charge on any atom is 0.407 e. The Labute approximate surface area is 361 Å². The van der Waals surface area contributed by atoms with Crippen molar-refractivity contribution in [1.82, 2.24) is 40.4 Å². The van der Waals surface area contributed by atoms with E-state index in [1.54, 1.807) is 11.1 Å². The number of carbonyl (C=O) groups excluding carboxylic acids is 3. The van der Waals surface area contributed by atoms with E-state index in [1.807, 2.05) is 40.0 Å². The fourth-order valence-corrected chi connectivity index (χ4v) is 9.20. The Bertz CT molecular complexity index is 2480. The van der Waals surface area contributed by atoms with Crippen LogP contribution in [-0.4, -0.2) is 98.6 Å². The van der Waals surface area contributed by atoms with Gasteiger partial charge in [0.2, 0.25) is 5.91 Å². The molecule has 1 saturated carbocycles. The molecule has 3 aliphatic rings. The van der Waals surface area contributed by atoms with Gasteiger partial charge in [-0.05, 0) is 82.5 Å². The fraction of sp³-hybridized carbons (Fsp3) is 0.447. The zero-order chi connectivity index (χ0) is 43.9. The first-order valence-corrected chi connectivity index (χ1v) is 21.4. The number of H-pyrrole nitrogens is 2. The van der Waals surface area contributed by atoms with Crippen LogP contribution in [0, 0.1) is 34.5 Å². The number of rotatable bonds is 12. The number of aliphatic hydroxyl groups is 1. The molecule has 4 heterocycles. The number of carbonyl (C=O) groups is 3. The minimum atomic E-state index is -0.896. The Kier molecular flexibility index (Phi) is 11.8. The summed E-state index contributed by atoms with van der Waals surface area (Å²) in [5.74, 6) is 0.550. The van der Waals surface area contributed by atoms with Gasteiger partial charge in [-0.2, -0.15) is 5.26 Å². The number of aliphatic hydroxyl groups excluding tert-OH is 1. The second kappa shape index (κ2) is 17.3. The van der Waals surface area contributed by atoms with Gasteiger partial charge in [-0.25, -0.2) is 19.6 Å². The molecule has 2 aliphatic heterocycles. The highest BCUT2D eigenvalue weighted by atomic mass is 16.5. The van der Waals surface area contributed by atoms with Crippen LogP contribution in [0.1, 0.15) is 77.1 Å². The molecule has 0 bridgehead atoms. The first-order valence-electron chi connectivity index (χ1n) is 21.4. The molecule has 5 N–H and O–H groups in total. The van der Waals surface area contributed by atoms with E-state index in [9.17, 15) is 24.8 Å². The quantitative estimate of drug-likeness (QED) is 0.0848. The third-order valence-corrected chi connectivity index (χ3v) is 13.0. The van der Waals surface area contributed by atoms with Crippen molar-refractivity contribution in [3.8, 4) is 39.7 Å². The van der Waals surface area contributed by atoms with Gasteiger partial charge in [0, 0.05) is 18.7 Å². The van der Waals surface area contributed by atoms with Crippen molar-refractivity contribution in [2.75, 3.05) is 27.3 Å². The number of fused-ring (bicyclic) bond motifs is 1. The molecule has 15 nitrogen and oxygen atoms in total. The van der Waals surface area contributed by atoms with E-state index in [1.165, 1.54) is 14.2 Å². The number of hydrogen-bond acceptors (Lipinski definition) is 10. The zero-order valence-corrected chi connectivity index (χ0v) is 36.0. The summed E-state index contributed by atoms with van der Waals surface area (Å²) in [7, 11) is 2.59. The van der Waals surface area contributed by atoms with E-state index in [2.05, 4.69) is 91.2 Å². The summed E-state index contributed by atoms with van der Waals surface area (Å²) >= 11 is 0. The predicted octanol–water partition coefficient (Wildman–Crippen LogP) is 7.31. The number of imidazole rings is 2. The normalized spacial score (nSPS) is 20.9. The Hall–Kier alpha value is -6.24. The van der Waals surface area contributed by atoms with Gasteiger partial charge in [-0.1, -0.05) is 76.2 Å². The smallest absolute Gasteiger partial charge is 0.407 e. The Balaban J connectivity index is 0.961. The van der Waals surface area contributed by atoms with Gasteiger partial charge in [0.1, 0.15) is 23.9 Å². The van der Waals surface area contributed by atoms with Crippen LogP contribution in [0.15, 0.2) is 73.1 Å². The summed E-state index contributed by atoms with van der Waals surface area (Å²) in [5.41, 5.74) is 5.95. The molecule has 3 aromatic carbocycles. The van der Waals surface area contributed by atoms with Crippen molar-refractivity contribution < 1.29 is 29.0 Å². The average Bonchev–Trinajstić information content (AvgIpc) is 3.78. The number of nitrogens with zero attached hydrogens (tertiary/aromatic N) is 5. The molecule has 5 aromatic rings. The van der Waals surface area contributed by atoms with Crippen LogP contribution in [0.4, 0.5) is 9.59 Å². The third kappa shape index (κ3) is 8.49. The van der Waals surface area contributed by atoms with Gasteiger partial charge < -0.3 is 40.1 Å². The minimum Gasteiger partial charge on any atom is -0.453 e. The molecule has 6 atom stereocenters. The highest BCUT2D eigenvalue weighted by molar-refractivity contribution is 5.91. The number of hydrogen-bond donors (Lipinski definition) is 5. The SMILES string of the molecule is COC(=O)N[C@@H](C(C)C)C(O)N1CC2(CC2)C[C@H]1c1ncc(-c2ccc(-c3ccc4cc(-c5cnc([C@@H]6C[C@H](C#N)CN6C(=O)[C@@H](NC(=O)OC)C(C)C)[nH]5)ccc4c3)cc2)[nH]1. The number of aromatic nitrogens is 4. The second-order valence-corrected chi connectivity index (χ2v) is 17.9. The first-order chi connectivity index (χ1) is 29.8. The fourth-order valence-electron chi connectivity index (χ4n) is 9.20. The van der Waals surface area contributed by atoms with E-state index in [4.69, 9.17) is 14.5 Å². The Morgan fingerprint density at radius 3 is 1.97 bits per heavy atom. The molecule has 8 rings (SSSR count). The topological polar surface area (TPSA) is 202 Å². The summed E-state index contributed by atoms with van der Waals surface area (Å²) in [6, 6.07) is 21.5. The van der Waals surface area contributed by atoms with Crippen LogP contribution in [0.5, 0.6) is 0 Å². The number of amides is 3. The molecule has 62 heavy (non-hydrogen) atoms. The number of methoxy groups -OCH3 is 2. The van der Waals surface area contributed by atoms with Gasteiger partial charge in [0.25, 0.3) is 0 Å². The molecular formula is C47H55N9O6. The summed E-state index contributed by atoms with van der Waals surface area (Å²) in [6.07, 6.45) is 5.05. The highest BCUT2D eigenvalue weighted by Crippen LogP contribution is 2.59. The molecule has 3 amide bonds. The van der Waals surface area contributed by atoms with Gasteiger partial charge in [0.05, 0.1) is 68.1 Å². The largest absolute Gasteiger partial charge is 0.453 e. The Morgan fingerprint density at radius 1 is 0.806 bits per heavy atom. The lowest BCUT2D eigenvalue weighted by atomic mass is 9.98. The van der Waals surface area contributed by atoms with Crippen LogP contribution in [0.2, 0.25) is 0 Å². The van der Waals surface area contributed by atoms with Crippen molar-refractivity contribution in [2.24, 2.45) is 23.2 Å². The van der Waals surface area contributed by atoms with Crippen molar-refractivity contribution in [1.29, 1.82) is 5.26 Å². The summed E-state index contributed by atoms with van der Waals surface area (Å²) in [4.78, 5) is 58.2. The monoisotopic (exact) mass is 841 g/mol. The van der Waals surface area contributed by atoms with Gasteiger partial charge in [-0.3, -0.25) is 9.69 Å². The average molecular weight is 842 g/mol. The lowest BCUT2D eigenvalue weighted by Crippen LogP contribution is -2.54. The molecule has 1 aliphatic carbocycles. The van der Waals surface area contributed by atoms with Crippen molar-refractivity contribution >= 4 is 28.9 Å². The molecule has 15 heteroatoms. The molecule has 1 spiro atoms. The summed E-state index contributed by atoms with van der Waals surface area (Å²) < 4.78 is 9.62. The summed E-state index contributed by atoms with van der Waals surface area (Å²) in [5, 5.41) is 29.0. The van der Waals surface area contributed by atoms with Gasteiger partial charge in [0.15, 0.2) is 0 Å². The van der Waals surface area contributed by atoms with E-state index in [0.29, 0.717) is 12.2 Å². The minimum absolute atomic E-state index is 0.0128. The molecule has 0 radical (unpaired) electrons. The third-order valence-electron chi connectivity index (χ3n) is 13.0. The number of likely N-dealkylation sites (tertiary alicyclic amines) is 2. The number of aromatic amines is 2. The van der Waals surface area contributed by atoms with Gasteiger partial charge in [-0.15, -0.1) is 0 Å². The van der Waals surface area contributed by atoms with Crippen LogP contribution in [-0.2, 0) is 14.3 Å². The number of alkyl carbamates (subject to hydrolysis) is 2. The van der Waals surface area contributed by atoms with Crippen LogP contribution in [0.25, 0.3) is 44.4 Å². The van der Waals surface area contributed by atoms with Crippen LogP contribution < -0.4 is 10.6 Å². The number of benzene rings is 3. The van der Waals surface area contributed by atoms with Crippen LogP contribution in [0.3, 0.4) is 0 Å². The molecule has 2 saturated heterocycles. The number of nitrogens with one attached hydrogen (secondary N) is 4. The predicted molar refractivity (Wildman–Crippen MR) is 233 cm³/mol. The van der Waals surface area contributed by atoms with Crippen molar-refractivity contribution in [2.45, 2.75) is 83.8 Å². The number of nitriles is 1.